The number of nitrogens with one attached hydrogen (secondary N) is 3. The Kier molecular flexibility index (Phi) is 9.49. The van der Waals surface area contributed by atoms with Crippen LogP contribution in [0.15, 0.2) is 47.6 Å². The van der Waals surface area contributed by atoms with E-state index in [4.69, 9.17) is 21.1 Å². The van der Waals surface area contributed by atoms with Gasteiger partial charge in [0.05, 0.1) is 12.8 Å². The number of nitrogens with zero attached hydrogens (tertiary/aromatic N) is 1. The lowest BCUT2D eigenvalue weighted by Crippen LogP contribution is -2.41. The molecule has 0 aliphatic heterocycles. The summed E-state index contributed by atoms with van der Waals surface area (Å²) < 4.78 is 10.9. The van der Waals surface area contributed by atoms with Gasteiger partial charge in [-0.2, -0.15) is 5.10 Å². The molecule has 0 aromatic heterocycles. The zero-order valence-corrected chi connectivity index (χ0v) is 18.7. The SMILES string of the molecule is CCOc1ccc(NC(=O)COc2ccc(Cl)cc2/C=N\NC(=O)C(=O)NC(C)C)cc1. The lowest BCUT2D eigenvalue weighted by Gasteiger charge is -2.11. The van der Waals surface area contributed by atoms with Crippen molar-refractivity contribution in [3.05, 3.63) is 53.1 Å². The Balaban J connectivity index is 1.95. The molecule has 0 aliphatic carbocycles. The summed E-state index contributed by atoms with van der Waals surface area (Å²) in [4.78, 5) is 35.5. The third kappa shape index (κ3) is 8.27. The minimum Gasteiger partial charge on any atom is -0.494 e. The summed E-state index contributed by atoms with van der Waals surface area (Å²) in [5.74, 6) is -1.05. The van der Waals surface area contributed by atoms with Gasteiger partial charge in [-0.1, -0.05) is 11.6 Å². The molecule has 3 amide bonds. The van der Waals surface area contributed by atoms with Crippen LogP contribution in [0.3, 0.4) is 0 Å². The van der Waals surface area contributed by atoms with Crippen LogP contribution in [0.4, 0.5) is 5.69 Å². The number of halogens is 1. The fraction of sp³-hybridized carbons (Fsp3) is 0.273. The molecule has 0 atom stereocenters. The van der Waals surface area contributed by atoms with Gasteiger partial charge in [0.2, 0.25) is 0 Å². The minimum absolute atomic E-state index is 0.182. The molecule has 0 fully saturated rings. The third-order valence-corrected chi connectivity index (χ3v) is 4.01. The van der Waals surface area contributed by atoms with Crippen molar-refractivity contribution in [3.8, 4) is 11.5 Å². The van der Waals surface area contributed by atoms with Gasteiger partial charge in [-0.05, 0) is 63.2 Å². The Hall–Kier alpha value is -3.59. The summed E-state index contributed by atoms with van der Waals surface area (Å²) in [7, 11) is 0. The molecule has 0 aliphatic rings. The first-order chi connectivity index (χ1) is 15.3. The van der Waals surface area contributed by atoms with Crippen molar-refractivity contribution < 1.29 is 23.9 Å². The predicted octanol–water partition coefficient (Wildman–Crippen LogP) is 2.73. The van der Waals surface area contributed by atoms with Crippen LogP contribution in [0.2, 0.25) is 5.02 Å². The van der Waals surface area contributed by atoms with Gasteiger partial charge in [0, 0.05) is 22.3 Å². The summed E-state index contributed by atoms with van der Waals surface area (Å²) >= 11 is 6.01. The summed E-state index contributed by atoms with van der Waals surface area (Å²) in [6, 6.07) is 11.5. The second-order valence-electron chi connectivity index (χ2n) is 6.80. The van der Waals surface area contributed by atoms with Crippen LogP contribution >= 0.6 is 11.6 Å². The fourth-order valence-corrected chi connectivity index (χ4v) is 2.61. The molecule has 0 heterocycles. The van der Waals surface area contributed by atoms with Gasteiger partial charge in [-0.25, -0.2) is 5.43 Å². The van der Waals surface area contributed by atoms with E-state index in [1.165, 1.54) is 6.21 Å². The first-order valence-electron chi connectivity index (χ1n) is 9.87. The summed E-state index contributed by atoms with van der Waals surface area (Å²) in [6.45, 7) is 5.65. The Bertz CT molecular complexity index is 977. The van der Waals surface area contributed by atoms with Crippen LogP contribution in [0.1, 0.15) is 26.3 Å². The van der Waals surface area contributed by atoms with Crippen molar-refractivity contribution in [1.82, 2.24) is 10.7 Å². The van der Waals surface area contributed by atoms with Crippen LogP contribution in [0.5, 0.6) is 11.5 Å². The van der Waals surface area contributed by atoms with Crippen molar-refractivity contribution in [2.45, 2.75) is 26.8 Å². The van der Waals surface area contributed by atoms with Crippen molar-refractivity contribution >= 4 is 41.2 Å². The number of carbonyl (C=O) groups excluding carboxylic acids is 3. The standard InChI is InChI=1S/C22H25ClN4O5/c1-4-31-18-8-6-17(7-9-18)26-20(28)13-32-19-10-5-16(23)11-15(19)12-24-27-22(30)21(29)25-14(2)3/h5-12,14H,4,13H2,1-3H3,(H,25,29)(H,26,28)(H,27,30)/b24-12-. The number of anilines is 1. The average molecular weight is 461 g/mol. The number of amides is 3. The van der Waals surface area contributed by atoms with Gasteiger partial charge in [0.1, 0.15) is 11.5 Å². The van der Waals surface area contributed by atoms with Crippen LogP contribution in [0, 0.1) is 0 Å². The number of ether oxygens (including phenoxy) is 2. The van der Waals surface area contributed by atoms with Crippen molar-refractivity contribution in [2.75, 3.05) is 18.5 Å². The molecule has 10 heteroatoms. The molecule has 2 aromatic carbocycles. The molecular formula is C22H25ClN4O5. The normalized spacial score (nSPS) is 10.7. The molecule has 0 unspecified atom stereocenters. The van der Waals surface area contributed by atoms with Crippen LogP contribution in [-0.4, -0.2) is 43.2 Å². The molecule has 0 saturated carbocycles. The summed E-state index contributed by atoms with van der Waals surface area (Å²) in [5, 5.41) is 9.33. The van der Waals surface area contributed by atoms with E-state index in [9.17, 15) is 14.4 Å². The highest BCUT2D eigenvalue weighted by Gasteiger charge is 2.13. The first-order valence-corrected chi connectivity index (χ1v) is 10.2. The second kappa shape index (κ2) is 12.3. The van der Waals surface area contributed by atoms with Crippen molar-refractivity contribution in [3.63, 3.8) is 0 Å². The molecule has 0 radical (unpaired) electrons. The molecular weight excluding hydrogens is 436 g/mol. The van der Waals surface area contributed by atoms with Gasteiger partial charge in [0.25, 0.3) is 5.91 Å². The van der Waals surface area contributed by atoms with E-state index in [0.717, 1.165) is 0 Å². The molecule has 170 valence electrons. The number of hydrogen-bond acceptors (Lipinski definition) is 6. The average Bonchev–Trinajstić information content (AvgIpc) is 2.74. The van der Waals surface area contributed by atoms with Gasteiger partial charge < -0.3 is 20.1 Å². The van der Waals surface area contributed by atoms with E-state index in [-0.39, 0.29) is 18.6 Å². The molecule has 0 bridgehead atoms. The summed E-state index contributed by atoms with van der Waals surface area (Å²) in [5.41, 5.74) is 3.14. The minimum atomic E-state index is -0.908. The monoisotopic (exact) mass is 460 g/mol. The number of hydrogen-bond donors (Lipinski definition) is 3. The zero-order chi connectivity index (χ0) is 23.5. The third-order valence-electron chi connectivity index (χ3n) is 3.78. The van der Waals surface area contributed by atoms with Gasteiger partial charge >= 0.3 is 11.8 Å². The molecule has 0 saturated heterocycles. The maximum absolute atomic E-state index is 12.2. The first kappa shape index (κ1) is 24.7. The van der Waals surface area contributed by atoms with Crippen molar-refractivity contribution in [2.24, 2.45) is 5.10 Å². The van der Waals surface area contributed by atoms with E-state index in [1.54, 1.807) is 56.3 Å². The maximum atomic E-state index is 12.2. The largest absolute Gasteiger partial charge is 0.494 e. The van der Waals surface area contributed by atoms with E-state index in [0.29, 0.717) is 34.4 Å². The molecule has 3 N–H and O–H groups in total. The number of benzene rings is 2. The molecule has 0 spiro atoms. The molecule has 9 nitrogen and oxygen atoms in total. The quantitative estimate of drug-likeness (QED) is 0.302. The molecule has 2 aromatic rings. The highest BCUT2D eigenvalue weighted by Crippen LogP contribution is 2.21. The Morgan fingerprint density at radius 2 is 1.78 bits per heavy atom. The Morgan fingerprint density at radius 3 is 2.44 bits per heavy atom. The van der Waals surface area contributed by atoms with Gasteiger partial charge in [-0.15, -0.1) is 0 Å². The van der Waals surface area contributed by atoms with Crippen LogP contribution in [0.25, 0.3) is 0 Å². The number of hydrazone groups is 1. The topological polar surface area (TPSA) is 118 Å². The predicted molar refractivity (Wildman–Crippen MR) is 122 cm³/mol. The lowest BCUT2D eigenvalue weighted by atomic mass is 10.2. The highest BCUT2D eigenvalue weighted by molar-refractivity contribution is 6.35. The summed E-state index contributed by atoms with van der Waals surface area (Å²) in [6.07, 6.45) is 1.27. The van der Waals surface area contributed by atoms with Crippen molar-refractivity contribution in [1.29, 1.82) is 0 Å². The Morgan fingerprint density at radius 1 is 1.06 bits per heavy atom. The maximum Gasteiger partial charge on any atom is 0.329 e. The number of carbonyl (C=O) groups is 3. The van der Waals surface area contributed by atoms with E-state index >= 15 is 0 Å². The van der Waals surface area contributed by atoms with E-state index in [2.05, 4.69) is 21.2 Å². The number of rotatable bonds is 9. The Labute approximate surface area is 191 Å². The second-order valence-corrected chi connectivity index (χ2v) is 7.24. The zero-order valence-electron chi connectivity index (χ0n) is 18.0. The van der Waals surface area contributed by atoms with E-state index in [1.807, 2.05) is 6.92 Å². The van der Waals surface area contributed by atoms with Crippen LogP contribution in [-0.2, 0) is 14.4 Å². The molecule has 2 rings (SSSR count). The fourth-order valence-electron chi connectivity index (χ4n) is 2.43. The molecule has 32 heavy (non-hydrogen) atoms. The van der Waals surface area contributed by atoms with Crippen LogP contribution < -0.4 is 25.5 Å². The highest BCUT2D eigenvalue weighted by atomic mass is 35.5. The van der Waals surface area contributed by atoms with Gasteiger partial charge in [-0.3, -0.25) is 14.4 Å². The van der Waals surface area contributed by atoms with E-state index < -0.39 is 11.8 Å². The van der Waals surface area contributed by atoms with Gasteiger partial charge in [0.15, 0.2) is 6.61 Å². The lowest BCUT2D eigenvalue weighted by molar-refractivity contribution is -0.139. The smallest absolute Gasteiger partial charge is 0.329 e.